The van der Waals surface area contributed by atoms with Gasteiger partial charge in [-0.25, -0.2) is 9.29 Å². The van der Waals surface area contributed by atoms with E-state index in [1.807, 2.05) is 36.4 Å². The van der Waals surface area contributed by atoms with E-state index in [0.29, 0.717) is 21.2 Å². The summed E-state index contributed by atoms with van der Waals surface area (Å²) >= 11 is 1.93. The van der Waals surface area contributed by atoms with Crippen molar-refractivity contribution in [1.82, 2.24) is 4.57 Å². The molecule has 10 nitrogen and oxygen atoms in total. The first-order chi connectivity index (χ1) is 21.7. The summed E-state index contributed by atoms with van der Waals surface area (Å²) in [7, 11) is 0. The van der Waals surface area contributed by atoms with Crippen molar-refractivity contribution in [2.45, 2.75) is 22.7 Å². The molecule has 3 amide bonds. The number of nitrogens with zero attached hydrogens (tertiary/aromatic N) is 3. The smallest absolute Gasteiger partial charge is 0.308 e. The Hall–Kier alpha value is -5.14. The van der Waals surface area contributed by atoms with E-state index in [-0.39, 0.29) is 17.9 Å². The zero-order valence-electron chi connectivity index (χ0n) is 23.1. The molecule has 1 fully saturated rings. The lowest BCUT2D eigenvalue weighted by molar-refractivity contribution is -0.384. The Morgan fingerprint density at radius 3 is 2.33 bits per heavy atom. The second kappa shape index (κ2) is 11.1. The second-order valence-corrected chi connectivity index (χ2v) is 12.7. The van der Waals surface area contributed by atoms with Gasteiger partial charge >= 0.3 is 4.87 Å². The van der Waals surface area contributed by atoms with Gasteiger partial charge in [0.25, 0.3) is 5.69 Å². The van der Waals surface area contributed by atoms with Crippen LogP contribution in [-0.4, -0.2) is 32.5 Å². The van der Waals surface area contributed by atoms with Gasteiger partial charge in [-0.05, 0) is 52.7 Å². The molecule has 0 unspecified atom stereocenters. The normalized spacial score (nSPS) is 19.0. The minimum atomic E-state index is -0.959. The molecule has 0 aliphatic carbocycles. The van der Waals surface area contributed by atoms with Crippen molar-refractivity contribution in [2.24, 2.45) is 5.92 Å². The van der Waals surface area contributed by atoms with Crippen LogP contribution >= 0.6 is 23.1 Å². The van der Waals surface area contributed by atoms with Gasteiger partial charge in [-0.3, -0.25) is 33.9 Å². The summed E-state index contributed by atoms with van der Waals surface area (Å²) < 4.78 is 15.2. The van der Waals surface area contributed by atoms with E-state index in [1.165, 1.54) is 53.1 Å². The molecular formula is C32H21FN4O6S2. The van der Waals surface area contributed by atoms with Crippen molar-refractivity contribution in [3.8, 4) is 0 Å². The highest BCUT2D eigenvalue weighted by molar-refractivity contribution is 8.00. The van der Waals surface area contributed by atoms with Crippen molar-refractivity contribution in [3.05, 3.63) is 127 Å². The Morgan fingerprint density at radius 2 is 1.62 bits per heavy atom. The minimum absolute atomic E-state index is 0.180. The fourth-order valence-corrected chi connectivity index (χ4v) is 8.65. The number of non-ortho nitro benzene ring substituents is 1. The van der Waals surface area contributed by atoms with E-state index in [4.69, 9.17) is 0 Å². The van der Waals surface area contributed by atoms with Crippen LogP contribution in [0.5, 0.6) is 0 Å². The maximum absolute atomic E-state index is 13.9. The van der Waals surface area contributed by atoms with Crippen molar-refractivity contribution in [2.75, 3.05) is 10.2 Å². The summed E-state index contributed by atoms with van der Waals surface area (Å²) in [6, 6.07) is 23.8. The van der Waals surface area contributed by atoms with Gasteiger partial charge in [0.2, 0.25) is 17.7 Å². The topological polar surface area (TPSA) is 132 Å². The Morgan fingerprint density at radius 1 is 0.911 bits per heavy atom. The first-order valence-electron chi connectivity index (χ1n) is 13.8. The predicted molar refractivity (Wildman–Crippen MR) is 168 cm³/mol. The number of halogens is 1. The summed E-state index contributed by atoms with van der Waals surface area (Å²) in [6.07, 6.45) is 0. The number of imide groups is 1. The summed E-state index contributed by atoms with van der Waals surface area (Å²) in [5, 5.41) is 15.4. The summed E-state index contributed by atoms with van der Waals surface area (Å²) in [5.74, 6) is -3.73. The van der Waals surface area contributed by atoms with E-state index < -0.39 is 50.4 Å². The van der Waals surface area contributed by atoms with Gasteiger partial charge in [0.1, 0.15) is 17.6 Å². The van der Waals surface area contributed by atoms with E-state index in [2.05, 4.69) is 5.32 Å². The zero-order chi connectivity index (χ0) is 31.4. The lowest BCUT2D eigenvalue weighted by atomic mass is 9.83. The molecule has 0 bridgehead atoms. The number of carbonyl (C=O) groups is 3. The molecule has 3 heterocycles. The highest BCUT2D eigenvalue weighted by Crippen LogP contribution is 2.54. The molecular weight excluding hydrogens is 620 g/mol. The molecule has 7 rings (SSSR count). The van der Waals surface area contributed by atoms with Gasteiger partial charge in [-0.15, -0.1) is 0 Å². The van der Waals surface area contributed by atoms with Crippen LogP contribution in [0.1, 0.15) is 16.4 Å². The quantitative estimate of drug-likeness (QED) is 0.146. The number of fused-ring (bicyclic) bond motifs is 3. The number of nitro groups is 1. The third-order valence-electron chi connectivity index (χ3n) is 7.93. The number of benzene rings is 4. The first kappa shape index (κ1) is 28.6. The molecule has 1 N–H and O–H groups in total. The number of carbonyl (C=O) groups excluding carboxylic acids is 3. The highest BCUT2D eigenvalue weighted by atomic mass is 32.2. The third kappa shape index (κ3) is 4.99. The number of thioether (sulfide) groups is 1. The predicted octanol–water partition coefficient (Wildman–Crippen LogP) is 5.54. The number of nitro benzene ring substituents is 1. The highest BCUT2D eigenvalue weighted by Gasteiger charge is 2.56. The van der Waals surface area contributed by atoms with E-state index in [0.717, 1.165) is 38.8 Å². The number of hydrogen-bond acceptors (Lipinski definition) is 8. The Balaban J connectivity index is 1.25. The van der Waals surface area contributed by atoms with Crippen molar-refractivity contribution < 1.29 is 23.7 Å². The van der Waals surface area contributed by atoms with Crippen LogP contribution in [0.4, 0.5) is 21.5 Å². The number of thiazole rings is 1. The van der Waals surface area contributed by atoms with Gasteiger partial charge in [-0.1, -0.05) is 65.6 Å². The summed E-state index contributed by atoms with van der Waals surface area (Å²) in [5.41, 5.74) is 1.08. The van der Waals surface area contributed by atoms with E-state index in [9.17, 15) is 33.7 Å². The molecule has 2 aliphatic heterocycles. The Bertz CT molecular complexity index is 2090. The number of hydrogen-bond donors (Lipinski definition) is 1. The van der Waals surface area contributed by atoms with Crippen LogP contribution in [0.25, 0.3) is 10.8 Å². The standard InChI is InChI=1S/C32H21FN4O6S2/c33-20-8-5-18(6-9-20)25-26-27(30(40)36(29(26)39)22-11-13-23(14-12-22)37(42)43)44-31-28(25)45-32(41)35(31)16-24(38)34-21-10-7-17-3-1-2-4-19(17)15-21/h1-15,25-27H,16H2,(H,34,38)/t25-,26-,27+/m0/s1. The van der Waals surface area contributed by atoms with Gasteiger partial charge in [0.15, 0.2) is 0 Å². The molecule has 224 valence electrons. The van der Waals surface area contributed by atoms with Gasteiger partial charge in [-0.2, -0.15) is 0 Å². The first-order valence-corrected chi connectivity index (χ1v) is 15.5. The van der Waals surface area contributed by atoms with Gasteiger partial charge in [0, 0.05) is 28.6 Å². The van der Waals surface area contributed by atoms with Crippen molar-refractivity contribution >= 4 is 68.7 Å². The molecule has 0 spiro atoms. The van der Waals surface area contributed by atoms with Crippen LogP contribution in [0.3, 0.4) is 0 Å². The fraction of sp³-hybridized carbons (Fsp3) is 0.125. The Kier molecular flexibility index (Phi) is 7.06. The lowest BCUT2D eigenvalue weighted by Gasteiger charge is -2.30. The molecule has 2 aliphatic rings. The zero-order valence-corrected chi connectivity index (χ0v) is 24.7. The van der Waals surface area contributed by atoms with Crippen LogP contribution in [0, 0.1) is 21.8 Å². The Labute approximate surface area is 262 Å². The van der Waals surface area contributed by atoms with Crippen molar-refractivity contribution in [3.63, 3.8) is 0 Å². The SMILES string of the molecule is O=C(Cn1c2c(sc1=O)[C@@H](c1ccc(F)cc1)[C@@H]1C(=O)N(c3ccc([N+](=O)[O-])cc3)C(=O)[C@@H]1S2)Nc1ccc2ccccc2c1. The van der Waals surface area contributed by atoms with Crippen LogP contribution in [0.15, 0.2) is 101 Å². The molecule has 13 heteroatoms. The molecule has 1 aromatic heterocycles. The molecule has 0 saturated carbocycles. The van der Waals surface area contributed by atoms with Crippen LogP contribution in [0.2, 0.25) is 0 Å². The largest absolute Gasteiger partial charge is 0.325 e. The monoisotopic (exact) mass is 640 g/mol. The molecule has 0 radical (unpaired) electrons. The number of anilines is 2. The van der Waals surface area contributed by atoms with E-state index in [1.54, 1.807) is 6.07 Å². The second-order valence-electron chi connectivity index (χ2n) is 10.6. The van der Waals surface area contributed by atoms with Gasteiger partial charge in [0.05, 0.1) is 21.6 Å². The average Bonchev–Trinajstić information content (AvgIpc) is 3.47. The molecule has 3 atom stereocenters. The number of nitrogens with one attached hydrogen (secondary N) is 1. The number of rotatable bonds is 6. The summed E-state index contributed by atoms with van der Waals surface area (Å²) in [6.45, 7) is -0.327. The number of amides is 3. The van der Waals surface area contributed by atoms with Crippen LogP contribution < -0.4 is 15.1 Å². The third-order valence-corrected chi connectivity index (χ3v) is 10.5. The maximum Gasteiger partial charge on any atom is 0.308 e. The van der Waals surface area contributed by atoms with Crippen LogP contribution in [-0.2, 0) is 20.9 Å². The molecule has 1 saturated heterocycles. The van der Waals surface area contributed by atoms with Gasteiger partial charge < -0.3 is 5.32 Å². The molecule has 5 aromatic rings. The molecule has 4 aromatic carbocycles. The lowest BCUT2D eigenvalue weighted by Crippen LogP contribution is -2.33. The maximum atomic E-state index is 13.9. The fourth-order valence-electron chi connectivity index (χ4n) is 5.87. The average molecular weight is 641 g/mol. The summed E-state index contributed by atoms with van der Waals surface area (Å²) in [4.78, 5) is 66.0. The van der Waals surface area contributed by atoms with E-state index >= 15 is 0 Å². The minimum Gasteiger partial charge on any atom is -0.325 e. The van der Waals surface area contributed by atoms with Crippen molar-refractivity contribution in [1.29, 1.82) is 0 Å². The molecule has 45 heavy (non-hydrogen) atoms. The number of aromatic nitrogens is 1.